The molecule has 6 heteroatoms. The number of phenols is 2. The summed E-state index contributed by atoms with van der Waals surface area (Å²) < 4.78 is 0.562. The standard InChI is InChI=1S/C20H19N3O2S/c1-10(2)13-8-14(17(25)9-16(13)24)19-18(20(26)23-22-19)12-6-7-21-15-5-3-4-11(12)15/h3-10,21,24-25H,1-2H3,(H2,22,23,26). The zero-order valence-electron chi connectivity index (χ0n) is 14.4. The van der Waals surface area contributed by atoms with E-state index in [9.17, 15) is 10.2 Å². The van der Waals surface area contributed by atoms with Gasteiger partial charge in [-0.1, -0.05) is 38.2 Å². The first-order valence-electron chi connectivity index (χ1n) is 8.40. The maximum Gasteiger partial charge on any atom is 0.128 e. The van der Waals surface area contributed by atoms with Gasteiger partial charge in [0.15, 0.2) is 0 Å². The van der Waals surface area contributed by atoms with E-state index in [1.165, 1.54) is 6.07 Å². The summed E-state index contributed by atoms with van der Waals surface area (Å²) in [7, 11) is 0. The summed E-state index contributed by atoms with van der Waals surface area (Å²) in [4.78, 5) is 3.22. The van der Waals surface area contributed by atoms with Crippen molar-refractivity contribution in [3.05, 3.63) is 52.8 Å². The molecule has 0 atom stereocenters. The number of fused-ring (bicyclic) bond motifs is 1. The lowest BCUT2D eigenvalue weighted by Crippen LogP contribution is -1.93. The number of benzene rings is 1. The lowest BCUT2D eigenvalue weighted by molar-refractivity contribution is 0.445. The Labute approximate surface area is 155 Å². The Balaban J connectivity index is 1.99. The molecule has 132 valence electrons. The Kier molecular flexibility index (Phi) is 3.85. The third-order valence-electron chi connectivity index (χ3n) is 4.68. The van der Waals surface area contributed by atoms with E-state index in [-0.39, 0.29) is 17.4 Å². The van der Waals surface area contributed by atoms with Crippen LogP contribution in [0.15, 0.2) is 42.6 Å². The van der Waals surface area contributed by atoms with E-state index in [0.29, 0.717) is 15.9 Å². The van der Waals surface area contributed by atoms with Gasteiger partial charge in [-0.15, -0.1) is 0 Å². The van der Waals surface area contributed by atoms with Crippen molar-refractivity contribution in [2.45, 2.75) is 19.8 Å². The second-order valence-corrected chi connectivity index (χ2v) is 7.06. The molecule has 0 saturated carbocycles. The highest BCUT2D eigenvalue weighted by Gasteiger charge is 2.21. The largest absolute Gasteiger partial charge is 0.508 e. The van der Waals surface area contributed by atoms with Gasteiger partial charge in [-0.2, -0.15) is 0 Å². The minimum atomic E-state index is -0.000330. The third kappa shape index (κ3) is 2.50. The highest BCUT2D eigenvalue weighted by molar-refractivity contribution is 7.71. The number of pyridine rings is 1. The SMILES string of the molecule is CC(C)c1cc(-c2[nH][nH]c(=S)c2-c2cc[nH]c3cccc2-3)c(O)cc1O. The zero-order chi connectivity index (χ0) is 18.4. The molecule has 2 aliphatic rings. The second-order valence-electron chi connectivity index (χ2n) is 6.66. The van der Waals surface area contributed by atoms with Crippen molar-refractivity contribution in [2.75, 3.05) is 0 Å². The van der Waals surface area contributed by atoms with Gasteiger partial charge in [0, 0.05) is 34.6 Å². The van der Waals surface area contributed by atoms with Gasteiger partial charge in [0.25, 0.3) is 0 Å². The smallest absolute Gasteiger partial charge is 0.128 e. The number of aromatic hydroxyl groups is 2. The van der Waals surface area contributed by atoms with E-state index in [1.807, 2.05) is 50.4 Å². The first-order chi connectivity index (χ1) is 12.5. The summed E-state index contributed by atoms with van der Waals surface area (Å²) in [5.74, 6) is 0.206. The fraction of sp³-hybridized carbons (Fsp3) is 0.150. The Bertz CT molecular complexity index is 1120. The van der Waals surface area contributed by atoms with Crippen molar-refractivity contribution in [1.82, 2.24) is 15.2 Å². The van der Waals surface area contributed by atoms with Crippen LogP contribution in [-0.4, -0.2) is 25.4 Å². The molecule has 5 nitrogen and oxygen atoms in total. The van der Waals surface area contributed by atoms with Gasteiger partial charge in [0.2, 0.25) is 0 Å². The van der Waals surface area contributed by atoms with Crippen LogP contribution in [0.3, 0.4) is 0 Å². The van der Waals surface area contributed by atoms with Crippen LogP contribution in [0, 0.1) is 4.64 Å². The molecule has 0 bridgehead atoms. The molecule has 1 aromatic carbocycles. The molecule has 0 saturated heterocycles. The van der Waals surface area contributed by atoms with Gasteiger partial charge in [0.1, 0.15) is 16.1 Å². The Morgan fingerprint density at radius 3 is 2.50 bits per heavy atom. The number of hydrogen-bond acceptors (Lipinski definition) is 3. The maximum atomic E-state index is 10.5. The summed E-state index contributed by atoms with van der Waals surface area (Å²) in [6, 6.07) is 11.2. The highest BCUT2D eigenvalue weighted by Crippen LogP contribution is 2.43. The van der Waals surface area contributed by atoms with E-state index in [1.54, 1.807) is 0 Å². The molecule has 2 heterocycles. The zero-order valence-corrected chi connectivity index (χ0v) is 15.2. The van der Waals surface area contributed by atoms with E-state index in [0.717, 1.165) is 27.9 Å². The summed E-state index contributed by atoms with van der Waals surface area (Å²) in [6.07, 6.45) is 1.87. The maximum absolute atomic E-state index is 10.5. The second kappa shape index (κ2) is 6.07. The molecule has 0 spiro atoms. The number of aromatic nitrogens is 3. The molecule has 1 aromatic heterocycles. The van der Waals surface area contributed by atoms with E-state index >= 15 is 0 Å². The number of nitrogens with one attached hydrogen (secondary N) is 3. The lowest BCUT2D eigenvalue weighted by Gasteiger charge is -2.14. The van der Waals surface area contributed by atoms with Gasteiger partial charge in [-0.3, -0.25) is 10.2 Å². The molecule has 1 aliphatic heterocycles. The Morgan fingerprint density at radius 2 is 1.73 bits per heavy atom. The van der Waals surface area contributed by atoms with Gasteiger partial charge in [0.05, 0.1) is 5.69 Å². The number of aromatic amines is 3. The Hall–Kier alpha value is -2.99. The average molecular weight is 365 g/mol. The molecular weight excluding hydrogens is 346 g/mol. The molecule has 26 heavy (non-hydrogen) atoms. The van der Waals surface area contributed by atoms with Crippen LogP contribution < -0.4 is 0 Å². The molecule has 1 aliphatic carbocycles. The van der Waals surface area contributed by atoms with Gasteiger partial charge in [-0.05, 0) is 35.2 Å². The predicted molar refractivity (Wildman–Crippen MR) is 105 cm³/mol. The van der Waals surface area contributed by atoms with Crippen LogP contribution in [-0.2, 0) is 0 Å². The first-order valence-corrected chi connectivity index (χ1v) is 8.81. The van der Waals surface area contributed by atoms with Crippen LogP contribution in [0.25, 0.3) is 33.6 Å². The minimum absolute atomic E-state index is 0.000330. The molecule has 0 fully saturated rings. The number of H-pyrrole nitrogens is 3. The molecule has 4 rings (SSSR count). The molecule has 5 N–H and O–H groups in total. The van der Waals surface area contributed by atoms with Crippen LogP contribution in [0.2, 0.25) is 0 Å². The summed E-state index contributed by atoms with van der Waals surface area (Å²) >= 11 is 5.52. The Morgan fingerprint density at radius 1 is 0.923 bits per heavy atom. The number of phenolic OH excluding ortho intramolecular Hbond substituents is 2. The molecule has 0 amide bonds. The molecular formula is C20H19N3O2S. The van der Waals surface area contributed by atoms with Crippen molar-refractivity contribution in [3.8, 4) is 45.1 Å². The van der Waals surface area contributed by atoms with Crippen molar-refractivity contribution >= 4 is 12.2 Å². The van der Waals surface area contributed by atoms with Crippen LogP contribution in [0.4, 0.5) is 0 Å². The topological polar surface area (TPSA) is 87.8 Å². The van der Waals surface area contributed by atoms with Crippen molar-refractivity contribution in [1.29, 1.82) is 0 Å². The summed E-state index contributed by atoms with van der Waals surface area (Å²) in [6.45, 7) is 3.99. The molecule has 0 unspecified atom stereocenters. The monoisotopic (exact) mass is 365 g/mol. The fourth-order valence-corrected chi connectivity index (χ4v) is 3.64. The number of rotatable bonds is 3. The molecule has 0 radical (unpaired) electrons. The predicted octanol–water partition coefficient (Wildman–Crippen LogP) is 5.37. The van der Waals surface area contributed by atoms with Gasteiger partial charge in [-0.25, -0.2) is 0 Å². The summed E-state index contributed by atoms with van der Waals surface area (Å²) in [5.41, 5.74) is 5.92. The van der Waals surface area contributed by atoms with E-state index in [4.69, 9.17) is 12.2 Å². The van der Waals surface area contributed by atoms with Crippen LogP contribution in [0.1, 0.15) is 25.3 Å². The first kappa shape index (κ1) is 16.5. The summed E-state index contributed by atoms with van der Waals surface area (Å²) in [5, 5.41) is 26.7. The van der Waals surface area contributed by atoms with Crippen molar-refractivity contribution in [2.24, 2.45) is 0 Å². The quantitative estimate of drug-likeness (QED) is 0.316. The average Bonchev–Trinajstić information content (AvgIpc) is 3.21. The normalized spacial score (nSPS) is 11.5. The highest BCUT2D eigenvalue weighted by atomic mass is 32.1. The van der Waals surface area contributed by atoms with Crippen molar-refractivity contribution < 1.29 is 10.2 Å². The molecule has 2 aromatic rings. The third-order valence-corrected chi connectivity index (χ3v) is 4.98. The van der Waals surface area contributed by atoms with Gasteiger partial charge < -0.3 is 15.2 Å². The number of hydrogen-bond donors (Lipinski definition) is 5. The van der Waals surface area contributed by atoms with E-state index in [2.05, 4.69) is 15.2 Å². The van der Waals surface area contributed by atoms with E-state index < -0.39 is 0 Å². The lowest BCUT2D eigenvalue weighted by atomic mass is 9.94. The van der Waals surface area contributed by atoms with Crippen LogP contribution >= 0.6 is 12.2 Å². The van der Waals surface area contributed by atoms with Crippen LogP contribution in [0.5, 0.6) is 11.5 Å². The fourth-order valence-electron chi connectivity index (χ4n) is 3.38. The van der Waals surface area contributed by atoms with Crippen molar-refractivity contribution in [3.63, 3.8) is 0 Å². The minimum Gasteiger partial charge on any atom is -0.508 e. The van der Waals surface area contributed by atoms with Gasteiger partial charge >= 0.3 is 0 Å².